The second-order valence-electron chi connectivity index (χ2n) is 4.24. The molecule has 0 amide bonds. The fraction of sp³-hybridized carbons (Fsp3) is 0.143. The number of rotatable bonds is 2. The molecule has 0 fully saturated rings. The molecule has 0 spiro atoms. The minimum atomic E-state index is -0.491. The molecule has 19 heavy (non-hydrogen) atoms. The Bertz CT molecular complexity index is 631. The third-order valence-electron chi connectivity index (χ3n) is 2.93. The van der Waals surface area contributed by atoms with Crippen LogP contribution in [0.3, 0.4) is 0 Å². The Morgan fingerprint density at radius 3 is 2.53 bits per heavy atom. The van der Waals surface area contributed by atoms with Crippen LogP contribution in [-0.4, -0.2) is 0 Å². The smallest absolute Gasteiger partial charge is 0.142 e. The van der Waals surface area contributed by atoms with Crippen LogP contribution in [0, 0.1) is 12.7 Å². The van der Waals surface area contributed by atoms with Crippen LogP contribution in [0.1, 0.15) is 22.7 Å². The third kappa shape index (κ3) is 3.02. The van der Waals surface area contributed by atoms with Gasteiger partial charge in [-0.3, -0.25) is 0 Å². The van der Waals surface area contributed by atoms with E-state index >= 15 is 0 Å². The van der Waals surface area contributed by atoms with Crippen molar-refractivity contribution in [2.45, 2.75) is 13.0 Å². The highest BCUT2D eigenvalue weighted by atomic mass is 79.9. The second kappa shape index (κ2) is 5.92. The van der Waals surface area contributed by atoms with Gasteiger partial charge in [0, 0.05) is 8.95 Å². The van der Waals surface area contributed by atoms with Gasteiger partial charge in [0.05, 0.1) is 11.1 Å². The Balaban J connectivity index is 2.53. The summed E-state index contributed by atoms with van der Waals surface area (Å²) >= 11 is 12.9. The highest BCUT2D eigenvalue weighted by Crippen LogP contribution is 2.34. The normalized spacial score (nSPS) is 12.5. The molecule has 0 saturated carbocycles. The molecule has 2 N–H and O–H groups in total. The van der Waals surface area contributed by atoms with E-state index in [0.29, 0.717) is 5.56 Å². The maximum Gasteiger partial charge on any atom is 0.142 e. The van der Waals surface area contributed by atoms with Crippen LogP contribution in [0.15, 0.2) is 39.3 Å². The Morgan fingerprint density at radius 2 is 1.84 bits per heavy atom. The molecule has 5 heteroatoms. The molecule has 0 bridgehead atoms. The second-order valence-corrected chi connectivity index (χ2v) is 6.33. The molecular weight excluding hydrogens is 396 g/mol. The highest BCUT2D eigenvalue weighted by Gasteiger charge is 2.18. The van der Waals surface area contributed by atoms with Crippen LogP contribution in [0.25, 0.3) is 0 Å². The first-order valence-corrected chi connectivity index (χ1v) is 7.53. The van der Waals surface area contributed by atoms with Crippen LogP contribution in [0.5, 0.6) is 0 Å². The van der Waals surface area contributed by atoms with E-state index in [9.17, 15) is 4.39 Å². The summed E-state index contributed by atoms with van der Waals surface area (Å²) in [5, 5.41) is 0.0681. The van der Waals surface area contributed by atoms with Gasteiger partial charge in [-0.05, 0) is 41.8 Å². The predicted molar refractivity (Wildman–Crippen MR) is 84.0 cm³/mol. The molecular formula is C14H11Br2ClFN. The summed E-state index contributed by atoms with van der Waals surface area (Å²) in [5.74, 6) is -0.461. The van der Waals surface area contributed by atoms with E-state index < -0.39 is 11.9 Å². The number of hydrogen-bond donors (Lipinski definition) is 1. The average Bonchev–Trinajstić information content (AvgIpc) is 2.36. The van der Waals surface area contributed by atoms with Gasteiger partial charge in [-0.2, -0.15) is 0 Å². The van der Waals surface area contributed by atoms with E-state index in [4.69, 9.17) is 17.3 Å². The van der Waals surface area contributed by atoms with Crippen molar-refractivity contribution in [2.75, 3.05) is 0 Å². The minimum absolute atomic E-state index is 0.0681. The SMILES string of the molecule is Cc1cc(Br)c(C(N)c2cccc(F)c2Cl)cc1Br. The van der Waals surface area contributed by atoms with Gasteiger partial charge in [-0.25, -0.2) is 4.39 Å². The summed E-state index contributed by atoms with van der Waals surface area (Å²) in [5.41, 5.74) is 8.71. The molecule has 2 aromatic carbocycles. The molecule has 0 aromatic heterocycles. The van der Waals surface area contributed by atoms with Gasteiger partial charge in [-0.1, -0.05) is 55.6 Å². The molecule has 0 saturated heterocycles. The topological polar surface area (TPSA) is 26.0 Å². The maximum absolute atomic E-state index is 13.5. The standard InChI is InChI=1S/C14H11Br2ClFN/c1-7-5-11(16)9(6-10(7)15)14(19)8-3-2-4-12(18)13(8)17/h2-6,14H,19H2,1H3. The van der Waals surface area contributed by atoms with Crippen molar-refractivity contribution in [3.05, 3.63) is 66.8 Å². The summed E-state index contributed by atoms with van der Waals surface area (Å²) in [6, 6.07) is 8.05. The number of hydrogen-bond acceptors (Lipinski definition) is 1. The average molecular weight is 408 g/mol. The maximum atomic E-state index is 13.5. The van der Waals surface area contributed by atoms with Gasteiger partial charge in [0.1, 0.15) is 5.82 Å². The molecule has 2 rings (SSSR count). The van der Waals surface area contributed by atoms with Gasteiger partial charge < -0.3 is 5.73 Å². The lowest BCUT2D eigenvalue weighted by Crippen LogP contribution is -2.13. The number of nitrogens with two attached hydrogens (primary N) is 1. The van der Waals surface area contributed by atoms with Crippen molar-refractivity contribution < 1.29 is 4.39 Å². The molecule has 0 radical (unpaired) electrons. The van der Waals surface area contributed by atoms with E-state index in [1.807, 2.05) is 19.1 Å². The monoisotopic (exact) mass is 405 g/mol. The summed E-state index contributed by atoms with van der Waals surface area (Å²) in [7, 11) is 0. The van der Waals surface area contributed by atoms with E-state index in [0.717, 1.165) is 20.1 Å². The molecule has 0 aliphatic carbocycles. The highest BCUT2D eigenvalue weighted by molar-refractivity contribution is 9.11. The fourth-order valence-electron chi connectivity index (χ4n) is 1.83. The van der Waals surface area contributed by atoms with Crippen molar-refractivity contribution in [3.63, 3.8) is 0 Å². The first-order valence-electron chi connectivity index (χ1n) is 5.57. The quantitative estimate of drug-likeness (QED) is 0.713. The molecule has 1 atom stereocenters. The van der Waals surface area contributed by atoms with E-state index in [1.54, 1.807) is 12.1 Å². The van der Waals surface area contributed by atoms with Crippen LogP contribution in [0.4, 0.5) is 4.39 Å². The Hall–Kier alpha value is -0.420. The van der Waals surface area contributed by atoms with Crippen LogP contribution >= 0.6 is 43.5 Å². The van der Waals surface area contributed by atoms with Gasteiger partial charge in [0.2, 0.25) is 0 Å². The molecule has 1 unspecified atom stereocenters. The zero-order valence-corrected chi connectivity index (χ0v) is 14.0. The number of halogens is 4. The minimum Gasteiger partial charge on any atom is -0.320 e. The van der Waals surface area contributed by atoms with Gasteiger partial charge in [-0.15, -0.1) is 0 Å². The fourth-order valence-corrected chi connectivity index (χ4v) is 3.14. The van der Waals surface area contributed by atoms with Crippen molar-refractivity contribution in [1.29, 1.82) is 0 Å². The molecule has 2 aromatic rings. The predicted octanol–water partition coefficient (Wildman–Crippen LogP) is 5.36. The largest absolute Gasteiger partial charge is 0.320 e. The Morgan fingerprint density at radius 1 is 1.16 bits per heavy atom. The summed E-state index contributed by atoms with van der Waals surface area (Å²) < 4.78 is 15.3. The zero-order chi connectivity index (χ0) is 14.2. The first kappa shape index (κ1) is 15.0. The third-order valence-corrected chi connectivity index (χ3v) is 4.87. The van der Waals surface area contributed by atoms with Crippen molar-refractivity contribution in [1.82, 2.24) is 0 Å². The summed E-state index contributed by atoms with van der Waals surface area (Å²) in [4.78, 5) is 0. The zero-order valence-electron chi connectivity index (χ0n) is 10.1. The molecule has 1 nitrogen and oxygen atoms in total. The van der Waals surface area contributed by atoms with E-state index in [2.05, 4.69) is 31.9 Å². The molecule has 0 aliphatic heterocycles. The summed E-state index contributed by atoms with van der Waals surface area (Å²) in [6.45, 7) is 1.99. The van der Waals surface area contributed by atoms with Gasteiger partial charge >= 0.3 is 0 Å². The lowest BCUT2D eigenvalue weighted by atomic mass is 9.98. The Kier molecular flexibility index (Phi) is 4.66. The van der Waals surface area contributed by atoms with Crippen LogP contribution in [0.2, 0.25) is 5.02 Å². The van der Waals surface area contributed by atoms with Crippen LogP contribution in [-0.2, 0) is 0 Å². The molecule has 0 aliphatic rings. The van der Waals surface area contributed by atoms with Crippen molar-refractivity contribution in [2.24, 2.45) is 5.73 Å². The summed E-state index contributed by atoms with van der Waals surface area (Å²) in [6.07, 6.45) is 0. The van der Waals surface area contributed by atoms with Gasteiger partial charge in [0.25, 0.3) is 0 Å². The lowest BCUT2D eigenvalue weighted by molar-refractivity contribution is 0.624. The first-order chi connectivity index (χ1) is 8.91. The number of benzene rings is 2. The lowest BCUT2D eigenvalue weighted by Gasteiger charge is -2.17. The van der Waals surface area contributed by atoms with E-state index in [-0.39, 0.29) is 5.02 Å². The molecule has 0 heterocycles. The van der Waals surface area contributed by atoms with Gasteiger partial charge in [0.15, 0.2) is 0 Å². The Labute approximate surface area is 133 Å². The van der Waals surface area contributed by atoms with Crippen LogP contribution < -0.4 is 5.73 Å². The molecule has 100 valence electrons. The van der Waals surface area contributed by atoms with E-state index in [1.165, 1.54) is 6.07 Å². The van der Waals surface area contributed by atoms with Crippen molar-refractivity contribution in [3.8, 4) is 0 Å². The number of aryl methyl sites for hydroxylation is 1. The van der Waals surface area contributed by atoms with Crippen molar-refractivity contribution >= 4 is 43.5 Å².